The molecule has 0 fully saturated rings. The molecule has 152 valence electrons. The van der Waals surface area contributed by atoms with E-state index >= 15 is 0 Å². The molecule has 3 aromatic carbocycles. The maximum absolute atomic E-state index is 12.2. The fraction of sp³-hybridized carbons (Fsp3) is 0.0769. The number of thiophene rings is 1. The molecule has 0 N–H and O–H groups in total. The van der Waals surface area contributed by atoms with Gasteiger partial charge in [-0.2, -0.15) is 0 Å². The number of hydrogen-bond acceptors (Lipinski definition) is 4. The number of hydrogen-bond donors (Lipinski definition) is 0. The zero-order chi connectivity index (χ0) is 21.0. The highest BCUT2D eigenvalue weighted by Gasteiger charge is 2.14. The lowest BCUT2D eigenvalue weighted by Crippen LogP contribution is -2.10. The Hall–Kier alpha value is -3.70. The summed E-state index contributed by atoms with van der Waals surface area (Å²) in [5.41, 5.74) is 4.24. The Balaban J connectivity index is 1.42. The average Bonchev–Trinajstić information content (AvgIpc) is 3.43. The molecule has 0 bridgehead atoms. The second kappa shape index (κ2) is 8.58. The number of benzene rings is 3. The van der Waals surface area contributed by atoms with Gasteiger partial charge in [0.15, 0.2) is 0 Å². The second-order valence-corrected chi connectivity index (χ2v) is 8.28. The normalized spacial score (nSPS) is 11.0. The summed E-state index contributed by atoms with van der Waals surface area (Å²) >= 11 is 1.55. The number of imidazole rings is 1. The third kappa shape index (κ3) is 4.27. The molecule has 0 atom stereocenters. The minimum Gasteiger partial charge on any atom is -0.426 e. The number of aromatic nitrogens is 2. The monoisotopic (exact) mass is 424 g/mol. The third-order valence-corrected chi connectivity index (χ3v) is 5.96. The summed E-state index contributed by atoms with van der Waals surface area (Å²) in [4.78, 5) is 18.1. The van der Waals surface area contributed by atoms with Crippen molar-refractivity contribution in [2.45, 2.75) is 13.0 Å². The van der Waals surface area contributed by atoms with Gasteiger partial charge in [-0.1, -0.05) is 48.5 Å². The molecule has 0 saturated heterocycles. The van der Waals surface area contributed by atoms with Crippen molar-refractivity contribution in [3.8, 4) is 17.1 Å². The van der Waals surface area contributed by atoms with Gasteiger partial charge in [0.25, 0.3) is 0 Å². The van der Waals surface area contributed by atoms with Gasteiger partial charge < -0.3 is 9.30 Å². The van der Waals surface area contributed by atoms with E-state index in [0.29, 0.717) is 5.75 Å². The lowest BCUT2D eigenvalue weighted by Gasteiger charge is -2.10. The van der Waals surface area contributed by atoms with Crippen LogP contribution in [0.3, 0.4) is 0 Å². The number of carbonyl (C=O) groups excluding carboxylic acids is 1. The maximum atomic E-state index is 12.2. The Kier molecular flexibility index (Phi) is 5.33. The second-order valence-electron chi connectivity index (χ2n) is 7.25. The summed E-state index contributed by atoms with van der Waals surface area (Å²) in [5, 5.41) is 1.96. The van der Waals surface area contributed by atoms with Gasteiger partial charge >= 0.3 is 5.97 Å². The van der Waals surface area contributed by atoms with E-state index in [-0.39, 0.29) is 12.4 Å². The number of fused-ring (bicyclic) bond motifs is 1. The minimum atomic E-state index is -0.258. The molecule has 4 nitrogen and oxygen atoms in total. The van der Waals surface area contributed by atoms with Gasteiger partial charge in [-0.25, -0.2) is 4.98 Å². The molecule has 0 amide bonds. The third-order valence-electron chi connectivity index (χ3n) is 5.08. The maximum Gasteiger partial charge on any atom is 0.316 e. The van der Waals surface area contributed by atoms with Crippen LogP contribution in [0, 0.1) is 0 Å². The summed E-state index contributed by atoms with van der Waals surface area (Å²) in [6, 6.07) is 30.0. The molecule has 2 aromatic heterocycles. The lowest BCUT2D eigenvalue weighted by molar-refractivity contribution is -0.133. The number of para-hydroxylation sites is 2. The van der Waals surface area contributed by atoms with Crippen LogP contribution in [-0.4, -0.2) is 15.5 Å². The summed E-state index contributed by atoms with van der Waals surface area (Å²) in [5.74, 6) is 1.17. The van der Waals surface area contributed by atoms with Crippen molar-refractivity contribution in [1.82, 2.24) is 9.55 Å². The van der Waals surface area contributed by atoms with Crippen LogP contribution in [0.4, 0.5) is 0 Å². The van der Waals surface area contributed by atoms with Gasteiger partial charge in [0.05, 0.1) is 17.5 Å². The Labute approximate surface area is 184 Å². The number of nitrogens with zero attached hydrogens (tertiary/aromatic N) is 2. The molecule has 0 aliphatic carbocycles. The highest BCUT2D eigenvalue weighted by molar-refractivity contribution is 7.10. The van der Waals surface area contributed by atoms with Crippen LogP contribution in [0.5, 0.6) is 5.75 Å². The molecule has 0 radical (unpaired) electrons. The van der Waals surface area contributed by atoms with E-state index < -0.39 is 0 Å². The zero-order valence-electron chi connectivity index (χ0n) is 16.8. The van der Waals surface area contributed by atoms with Gasteiger partial charge in [0.2, 0.25) is 0 Å². The van der Waals surface area contributed by atoms with Crippen molar-refractivity contribution >= 4 is 28.3 Å². The van der Waals surface area contributed by atoms with E-state index in [1.807, 2.05) is 78.2 Å². The van der Waals surface area contributed by atoms with Crippen molar-refractivity contribution in [2.75, 3.05) is 0 Å². The summed E-state index contributed by atoms with van der Waals surface area (Å²) in [6.07, 6.45) is 0.284. The molecular weight excluding hydrogens is 404 g/mol. The van der Waals surface area contributed by atoms with Crippen LogP contribution in [0.15, 0.2) is 96.4 Å². The Morgan fingerprint density at radius 3 is 2.42 bits per heavy atom. The predicted molar refractivity (Wildman–Crippen MR) is 124 cm³/mol. The standard InChI is InChI=1S/C26H20N2O2S/c29-25(17-22-9-6-16-31-22)30-21-14-12-20(13-15-21)26-27-23-10-4-5-11-24(23)28(26)18-19-7-2-1-3-8-19/h1-16H,17-18H2. The molecule has 5 rings (SSSR count). The molecule has 0 spiro atoms. The molecule has 0 unspecified atom stereocenters. The Morgan fingerprint density at radius 2 is 1.65 bits per heavy atom. The first-order chi connectivity index (χ1) is 15.3. The fourth-order valence-electron chi connectivity index (χ4n) is 3.62. The van der Waals surface area contributed by atoms with Crippen molar-refractivity contribution in [2.24, 2.45) is 0 Å². The number of ether oxygens (including phenoxy) is 1. The fourth-order valence-corrected chi connectivity index (χ4v) is 4.31. The minimum absolute atomic E-state index is 0.258. The number of rotatable bonds is 6. The van der Waals surface area contributed by atoms with E-state index in [1.165, 1.54) is 5.56 Å². The molecule has 5 aromatic rings. The number of esters is 1. The first-order valence-electron chi connectivity index (χ1n) is 10.1. The van der Waals surface area contributed by atoms with E-state index in [2.05, 4.69) is 22.8 Å². The first-order valence-corrected chi connectivity index (χ1v) is 11.0. The van der Waals surface area contributed by atoms with Crippen molar-refractivity contribution in [3.05, 3.63) is 107 Å². The van der Waals surface area contributed by atoms with Crippen molar-refractivity contribution in [3.63, 3.8) is 0 Å². The van der Waals surface area contributed by atoms with Gasteiger partial charge in [-0.3, -0.25) is 4.79 Å². The van der Waals surface area contributed by atoms with Crippen molar-refractivity contribution in [1.29, 1.82) is 0 Å². The number of carbonyl (C=O) groups is 1. The van der Waals surface area contributed by atoms with E-state index in [4.69, 9.17) is 9.72 Å². The van der Waals surface area contributed by atoms with Gasteiger partial charge in [0.1, 0.15) is 11.6 Å². The predicted octanol–water partition coefficient (Wildman–Crippen LogP) is 5.96. The highest BCUT2D eigenvalue weighted by Crippen LogP contribution is 2.27. The average molecular weight is 425 g/mol. The zero-order valence-corrected chi connectivity index (χ0v) is 17.6. The van der Waals surface area contributed by atoms with Gasteiger partial charge in [0, 0.05) is 17.0 Å². The molecule has 0 aliphatic heterocycles. The quantitative estimate of drug-likeness (QED) is 0.249. The van der Waals surface area contributed by atoms with Crippen LogP contribution in [0.1, 0.15) is 10.4 Å². The topological polar surface area (TPSA) is 44.1 Å². The largest absolute Gasteiger partial charge is 0.426 e. The van der Waals surface area contributed by atoms with Gasteiger partial charge in [-0.15, -0.1) is 11.3 Å². The molecule has 5 heteroatoms. The summed E-state index contributed by atoms with van der Waals surface area (Å²) in [7, 11) is 0. The Morgan fingerprint density at radius 1 is 0.871 bits per heavy atom. The van der Waals surface area contributed by atoms with Gasteiger partial charge in [-0.05, 0) is 53.4 Å². The summed E-state index contributed by atoms with van der Waals surface area (Å²) < 4.78 is 7.73. The van der Waals surface area contributed by atoms with Crippen LogP contribution >= 0.6 is 11.3 Å². The molecular formula is C26H20N2O2S. The van der Waals surface area contributed by atoms with Crippen molar-refractivity contribution < 1.29 is 9.53 Å². The molecule has 0 saturated carbocycles. The summed E-state index contributed by atoms with van der Waals surface area (Å²) in [6.45, 7) is 0.730. The lowest BCUT2D eigenvalue weighted by atomic mass is 10.2. The van der Waals surface area contributed by atoms with Crippen LogP contribution < -0.4 is 4.74 Å². The van der Waals surface area contributed by atoms with Crippen LogP contribution in [0.25, 0.3) is 22.4 Å². The van der Waals surface area contributed by atoms with Crippen LogP contribution in [-0.2, 0) is 17.8 Å². The SMILES string of the molecule is O=C(Cc1cccs1)Oc1ccc(-c2nc3ccccc3n2Cc2ccccc2)cc1. The van der Waals surface area contributed by atoms with E-state index in [1.54, 1.807) is 11.3 Å². The van der Waals surface area contributed by atoms with Crippen LogP contribution in [0.2, 0.25) is 0 Å². The van der Waals surface area contributed by atoms with E-state index in [9.17, 15) is 4.79 Å². The van der Waals surface area contributed by atoms with E-state index in [0.717, 1.165) is 33.8 Å². The molecule has 0 aliphatic rings. The molecule has 2 heterocycles. The highest BCUT2D eigenvalue weighted by atomic mass is 32.1. The molecule has 31 heavy (non-hydrogen) atoms. The first kappa shape index (κ1) is 19.3. The Bertz CT molecular complexity index is 1310. The smallest absolute Gasteiger partial charge is 0.316 e.